The van der Waals surface area contributed by atoms with Gasteiger partial charge in [-0.05, 0) is 22.6 Å². The molecule has 0 unspecified atom stereocenters. The fourth-order valence-electron chi connectivity index (χ4n) is 1.47. The van der Waals surface area contributed by atoms with Gasteiger partial charge in [0.2, 0.25) is 0 Å². The highest BCUT2D eigenvalue weighted by molar-refractivity contribution is 14.1. The van der Waals surface area contributed by atoms with Crippen LogP contribution in [0.4, 0.5) is 0 Å². The second-order valence-corrected chi connectivity index (χ2v) is 4.91. The molecule has 0 aliphatic carbocycles. The van der Waals surface area contributed by atoms with Gasteiger partial charge in [-0.1, -0.05) is 11.6 Å². The number of halogens is 2. The molecule has 4 heterocycles. The summed E-state index contributed by atoms with van der Waals surface area (Å²) in [6.07, 6.45) is 6.03. The minimum Gasteiger partial charge on any atom is -0.341 e. The number of H-pyrrole nitrogens is 2. The molecule has 0 atom stereocenters. The van der Waals surface area contributed by atoms with Gasteiger partial charge in [0.25, 0.3) is 0 Å². The van der Waals surface area contributed by atoms with Crippen LogP contribution >= 0.6 is 34.2 Å². The van der Waals surface area contributed by atoms with Crippen LogP contribution in [-0.2, 0) is 0 Å². The Labute approximate surface area is 130 Å². The molecule has 0 saturated carbocycles. The first-order valence-electron chi connectivity index (χ1n) is 5.35. The summed E-state index contributed by atoms with van der Waals surface area (Å²) in [4.78, 5) is 29.2. The zero-order chi connectivity index (χ0) is 13.9. The molecule has 100 valence electrons. The van der Waals surface area contributed by atoms with Crippen LogP contribution < -0.4 is 0 Å². The third-order valence-electron chi connectivity index (χ3n) is 2.35. The highest BCUT2D eigenvalue weighted by Gasteiger charge is 2.00. The van der Waals surface area contributed by atoms with Crippen molar-refractivity contribution < 1.29 is 0 Å². The van der Waals surface area contributed by atoms with Crippen molar-refractivity contribution in [2.24, 2.45) is 0 Å². The highest BCUT2D eigenvalue weighted by atomic mass is 127. The van der Waals surface area contributed by atoms with Gasteiger partial charge in [-0.3, -0.25) is 0 Å². The van der Waals surface area contributed by atoms with E-state index in [2.05, 4.69) is 62.5 Å². The molecule has 20 heavy (non-hydrogen) atoms. The maximum Gasteiger partial charge on any atom is 0.182 e. The van der Waals surface area contributed by atoms with Crippen LogP contribution in [0, 0.1) is 3.70 Å². The average molecular weight is 401 g/mol. The molecule has 10 heteroatoms. The summed E-state index contributed by atoms with van der Waals surface area (Å²) in [5.41, 5.74) is 2.91. The molecule has 4 aromatic rings. The predicted octanol–water partition coefficient (Wildman–Crippen LogP) is 1.96. The number of nitrogens with one attached hydrogen (secondary N) is 2. The topological polar surface area (TPSA) is 109 Å². The van der Waals surface area contributed by atoms with E-state index >= 15 is 0 Å². The minimum atomic E-state index is 0.405. The summed E-state index contributed by atoms with van der Waals surface area (Å²) < 4.78 is 0.903. The number of hydrogen-bond donors (Lipinski definition) is 2. The van der Waals surface area contributed by atoms with Gasteiger partial charge < -0.3 is 9.97 Å². The zero-order valence-electron chi connectivity index (χ0n) is 9.75. The van der Waals surface area contributed by atoms with E-state index in [9.17, 15) is 0 Å². The first-order chi connectivity index (χ1) is 9.75. The second kappa shape index (κ2) is 5.63. The van der Waals surface area contributed by atoms with Crippen LogP contribution in [0.2, 0.25) is 5.15 Å². The predicted molar refractivity (Wildman–Crippen MR) is 81.1 cm³/mol. The quantitative estimate of drug-likeness (QED) is 0.345. The van der Waals surface area contributed by atoms with E-state index in [-0.39, 0.29) is 0 Å². The summed E-state index contributed by atoms with van der Waals surface area (Å²) >= 11 is 7.81. The Morgan fingerprint density at radius 2 is 1.40 bits per heavy atom. The van der Waals surface area contributed by atoms with E-state index in [1.54, 1.807) is 6.33 Å². The number of nitrogens with zero attached hydrogens (tertiary/aromatic N) is 6. The Bertz CT molecular complexity index is 784. The Hall–Kier alpha value is -1.88. The number of aromatic amines is 2. The zero-order valence-corrected chi connectivity index (χ0v) is 12.7. The van der Waals surface area contributed by atoms with Crippen molar-refractivity contribution in [1.29, 1.82) is 0 Å². The van der Waals surface area contributed by atoms with E-state index in [4.69, 9.17) is 11.6 Å². The number of fused-ring (bicyclic) bond motifs is 2. The van der Waals surface area contributed by atoms with Crippen molar-refractivity contribution in [3.05, 3.63) is 34.2 Å². The molecule has 0 aliphatic rings. The van der Waals surface area contributed by atoms with Gasteiger partial charge >= 0.3 is 0 Å². The first-order valence-corrected chi connectivity index (χ1v) is 6.80. The standard InChI is InChI=1S/C5H3ClN4.C5H3IN4/c2*6-4-3-5(9-1-7-3)10-2-8-4/h2*1-2H,(H,7,8,9,10). The number of rotatable bonds is 0. The molecule has 4 rings (SSSR count). The second-order valence-electron chi connectivity index (χ2n) is 3.53. The summed E-state index contributed by atoms with van der Waals surface area (Å²) in [7, 11) is 0. The van der Waals surface area contributed by atoms with Crippen LogP contribution in [0.25, 0.3) is 22.3 Å². The summed E-state index contributed by atoms with van der Waals surface area (Å²) in [5.74, 6) is 0. The van der Waals surface area contributed by atoms with Gasteiger partial charge in [-0.25, -0.2) is 29.9 Å². The summed E-state index contributed by atoms with van der Waals surface area (Å²) in [6, 6.07) is 0. The van der Waals surface area contributed by atoms with Gasteiger partial charge in [0.1, 0.15) is 27.4 Å². The van der Waals surface area contributed by atoms with Crippen molar-refractivity contribution in [2.75, 3.05) is 0 Å². The maximum absolute atomic E-state index is 5.68. The van der Waals surface area contributed by atoms with Crippen molar-refractivity contribution in [3.8, 4) is 0 Å². The van der Waals surface area contributed by atoms with Gasteiger partial charge in [0.05, 0.1) is 12.7 Å². The maximum atomic E-state index is 5.68. The van der Waals surface area contributed by atoms with E-state index in [0.717, 1.165) is 14.9 Å². The fourth-order valence-corrected chi connectivity index (χ4v) is 2.18. The molecule has 0 amide bonds. The molecule has 2 N–H and O–H groups in total. The van der Waals surface area contributed by atoms with Crippen LogP contribution in [-0.4, -0.2) is 39.9 Å². The molecule has 0 bridgehead atoms. The lowest BCUT2D eigenvalue weighted by atomic mass is 10.6. The molecular formula is C10H6ClIN8. The van der Waals surface area contributed by atoms with E-state index in [1.165, 1.54) is 19.0 Å². The van der Waals surface area contributed by atoms with Crippen LogP contribution in [0.1, 0.15) is 0 Å². The fraction of sp³-hybridized carbons (Fsp3) is 0. The Morgan fingerprint density at radius 3 is 2.05 bits per heavy atom. The first kappa shape index (κ1) is 13.1. The molecule has 0 aliphatic heterocycles. The van der Waals surface area contributed by atoms with E-state index in [1.807, 2.05) is 0 Å². The van der Waals surface area contributed by atoms with Gasteiger partial charge in [-0.2, -0.15) is 0 Å². The number of aromatic nitrogens is 8. The lowest BCUT2D eigenvalue weighted by Crippen LogP contribution is -1.84. The van der Waals surface area contributed by atoms with E-state index < -0.39 is 0 Å². The molecule has 0 fully saturated rings. The largest absolute Gasteiger partial charge is 0.341 e. The van der Waals surface area contributed by atoms with Gasteiger partial charge in [-0.15, -0.1) is 0 Å². The molecule has 0 radical (unpaired) electrons. The highest BCUT2D eigenvalue weighted by Crippen LogP contribution is 2.13. The van der Waals surface area contributed by atoms with Crippen LogP contribution in [0.3, 0.4) is 0 Å². The number of hydrogen-bond acceptors (Lipinski definition) is 6. The SMILES string of the molecule is Clc1ncnc2nc[nH]c12.Ic1ncnc2nc[nH]c12. The molecule has 0 spiro atoms. The molecule has 4 aromatic heterocycles. The molecule has 8 nitrogen and oxygen atoms in total. The van der Waals surface area contributed by atoms with Crippen LogP contribution in [0.5, 0.6) is 0 Å². The normalized spacial score (nSPS) is 10.5. The van der Waals surface area contributed by atoms with Crippen molar-refractivity contribution in [2.45, 2.75) is 0 Å². The Balaban J connectivity index is 0.000000121. The summed E-state index contributed by atoms with van der Waals surface area (Å²) in [6.45, 7) is 0. The number of imidazole rings is 2. The lowest BCUT2D eigenvalue weighted by Gasteiger charge is -1.87. The molecule has 0 aromatic carbocycles. The lowest BCUT2D eigenvalue weighted by molar-refractivity contribution is 1.17. The smallest absolute Gasteiger partial charge is 0.182 e. The minimum absolute atomic E-state index is 0.405. The average Bonchev–Trinajstić information content (AvgIpc) is 3.08. The van der Waals surface area contributed by atoms with Gasteiger partial charge in [0, 0.05) is 0 Å². The molecular weight excluding hydrogens is 395 g/mol. The third-order valence-corrected chi connectivity index (χ3v) is 3.46. The van der Waals surface area contributed by atoms with Crippen molar-refractivity contribution in [3.63, 3.8) is 0 Å². The Kier molecular flexibility index (Phi) is 3.69. The summed E-state index contributed by atoms with van der Waals surface area (Å²) in [5, 5.41) is 0.405. The van der Waals surface area contributed by atoms with Crippen LogP contribution in [0.15, 0.2) is 25.3 Å². The van der Waals surface area contributed by atoms with Gasteiger partial charge in [0.15, 0.2) is 16.4 Å². The monoisotopic (exact) mass is 400 g/mol. The van der Waals surface area contributed by atoms with E-state index in [0.29, 0.717) is 16.3 Å². The Morgan fingerprint density at radius 1 is 0.800 bits per heavy atom. The molecule has 0 saturated heterocycles. The third kappa shape index (κ3) is 2.54. The van der Waals surface area contributed by atoms with Crippen molar-refractivity contribution >= 4 is 56.5 Å². The van der Waals surface area contributed by atoms with Crippen molar-refractivity contribution in [1.82, 2.24) is 39.9 Å².